The fourth-order valence-corrected chi connectivity index (χ4v) is 2.71. The van der Waals surface area contributed by atoms with Crippen LogP contribution in [0.4, 0.5) is 0 Å². The van der Waals surface area contributed by atoms with Gasteiger partial charge in [0.25, 0.3) is 0 Å². The first-order valence-corrected chi connectivity index (χ1v) is 7.68. The van der Waals surface area contributed by atoms with Crippen LogP contribution in [0.25, 0.3) is 10.6 Å². The number of benzene rings is 1. The molecule has 5 heteroatoms. The molecule has 0 unspecified atom stereocenters. The molecule has 0 aliphatic carbocycles. The predicted molar refractivity (Wildman–Crippen MR) is 81.5 cm³/mol. The lowest BCUT2D eigenvalue weighted by molar-refractivity contribution is 0.637. The number of nitriles is 1. The second-order valence-corrected chi connectivity index (χ2v) is 5.61. The maximum Gasteiger partial charge on any atom is 0.147 e. The summed E-state index contributed by atoms with van der Waals surface area (Å²) in [6, 6.07) is 9.58. The second kappa shape index (κ2) is 7.73. The summed E-state index contributed by atoms with van der Waals surface area (Å²) in [6.07, 6.45) is 3.22. The number of nitrogens with one attached hydrogen (secondary N) is 1. The fraction of sp³-hybridized carbons (Fsp3) is 0.400. The highest BCUT2D eigenvalue weighted by Crippen LogP contribution is 2.24. The normalized spacial score (nSPS) is 10.4. The van der Waals surface area contributed by atoms with Crippen LogP contribution in [0.1, 0.15) is 30.3 Å². The lowest BCUT2D eigenvalue weighted by Gasteiger charge is -1.99. The third-order valence-electron chi connectivity index (χ3n) is 2.90. The van der Waals surface area contributed by atoms with E-state index in [0.717, 1.165) is 41.5 Å². The first-order valence-electron chi connectivity index (χ1n) is 6.87. The van der Waals surface area contributed by atoms with Crippen molar-refractivity contribution < 1.29 is 0 Å². The van der Waals surface area contributed by atoms with Gasteiger partial charge in [-0.25, -0.2) is 0 Å². The van der Waals surface area contributed by atoms with Gasteiger partial charge in [0.2, 0.25) is 0 Å². The van der Waals surface area contributed by atoms with Crippen molar-refractivity contribution >= 4 is 11.3 Å². The van der Waals surface area contributed by atoms with Crippen molar-refractivity contribution in [2.75, 3.05) is 13.1 Å². The molecule has 0 spiro atoms. The average molecular weight is 286 g/mol. The molecule has 20 heavy (non-hydrogen) atoms. The zero-order chi connectivity index (χ0) is 14.2. The van der Waals surface area contributed by atoms with Gasteiger partial charge in [0.05, 0.1) is 11.6 Å². The van der Waals surface area contributed by atoms with E-state index >= 15 is 0 Å². The molecule has 4 nitrogen and oxygen atoms in total. The molecule has 1 aromatic heterocycles. The molecule has 0 amide bonds. The van der Waals surface area contributed by atoms with Crippen LogP contribution in [-0.2, 0) is 6.42 Å². The summed E-state index contributed by atoms with van der Waals surface area (Å²) in [4.78, 5) is 0. The van der Waals surface area contributed by atoms with Gasteiger partial charge in [-0.1, -0.05) is 30.4 Å². The number of hydrogen-bond donors (Lipinski definition) is 1. The molecule has 0 aliphatic rings. The summed E-state index contributed by atoms with van der Waals surface area (Å²) in [7, 11) is 0. The molecule has 0 fully saturated rings. The van der Waals surface area contributed by atoms with Gasteiger partial charge in [-0.05, 0) is 38.1 Å². The van der Waals surface area contributed by atoms with Crippen LogP contribution in [0.3, 0.4) is 0 Å². The number of nitrogens with zero attached hydrogens (tertiary/aromatic N) is 3. The van der Waals surface area contributed by atoms with Gasteiger partial charge in [0.15, 0.2) is 0 Å². The molecule has 0 radical (unpaired) electrons. The fourth-order valence-electron chi connectivity index (χ4n) is 1.83. The first kappa shape index (κ1) is 14.6. The Morgan fingerprint density at radius 1 is 1.20 bits per heavy atom. The standard InChI is InChI=1S/C15H18N4S/c1-2-9-17-10-3-4-14-18-19-15(20-14)13-7-5-12(11-16)6-8-13/h5-8,17H,2-4,9-10H2,1H3. The molecule has 0 saturated heterocycles. The van der Waals surface area contributed by atoms with Crippen LogP contribution in [0.2, 0.25) is 0 Å². The summed E-state index contributed by atoms with van der Waals surface area (Å²) >= 11 is 1.63. The van der Waals surface area contributed by atoms with Gasteiger partial charge in [-0.3, -0.25) is 0 Å². The van der Waals surface area contributed by atoms with E-state index in [1.807, 2.05) is 24.3 Å². The van der Waals surface area contributed by atoms with Crippen LogP contribution < -0.4 is 5.32 Å². The molecule has 104 valence electrons. The van der Waals surface area contributed by atoms with Crippen molar-refractivity contribution in [1.82, 2.24) is 15.5 Å². The van der Waals surface area contributed by atoms with Gasteiger partial charge in [-0.15, -0.1) is 10.2 Å². The Labute approximate surface area is 123 Å². The smallest absolute Gasteiger partial charge is 0.147 e. The maximum atomic E-state index is 8.78. The summed E-state index contributed by atoms with van der Waals surface area (Å²) in [5.74, 6) is 0. The van der Waals surface area contributed by atoms with Crippen LogP contribution in [-0.4, -0.2) is 23.3 Å². The molecule has 2 aromatic rings. The van der Waals surface area contributed by atoms with Crippen LogP contribution >= 0.6 is 11.3 Å². The number of aryl methyl sites for hydroxylation is 1. The highest BCUT2D eigenvalue weighted by molar-refractivity contribution is 7.14. The minimum atomic E-state index is 0.667. The SMILES string of the molecule is CCCNCCCc1nnc(-c2ccc(C#N)cc2)s1. The van der Waals surface area contributed by atoms with E-state index in [4.69, 9.17) is 5.26 Å². The van der Waals surface area contributed by atoms with Crippen molar-refractivity contribution in [3.63, 3.8) is 0 Å². The zero-order valence-corrected chi connectivity index (χ0v) is 12.4. The van der Waals surface area contributed by atoms with Crippen LogP contribution in [0.5, 0.6) is 0 Å². The summed E-state index contributed by atoms with van der Waals surface area (Å²) in [5.41, 5.74) is 1.69. The molecule has 0 atom stereocenters. The van der Waals surface area contributed by atoms with E-state index in [0.29, 0.717) is 5.56 Å². The zero-order valence-electron chi connectivity index (χ0n) is 11.6. The average Bonchev–Trinajstić information content (AvgIpc) is 2.96. The number of hydrogen-bond acceptors (Lipinski definition) is 5. The largest absolute Gasteiger partial charge is 0.317 e. The van der Waals surface area contributed by atoms with Gasteiger partial charge < -0.3 is 5.32 Å². The third-order valence-corrected chi connectivity index (χ3v) is 3.93. The quantitative estimate of drug-likeness (QED) is 0.795. The lowest BCUT2D eigenvalue weighted by atomic mass is 10.2. The third kappa shape index (κ3) is 4.12. The van der Waals surface area contributed by atoms with Crippen LogP contribution in [0.15, 0.2) is 24.3 Å². The first-order chi connectivity index (χ1) is 9.83. The Morgan fingerprint density at radius 3 is 2.70 bits per heavy atom. The van der Waals surface area contributed by atoms with Gasteiger partial charge in [0, 0.05) is 12.0 Å². The molecule has 0 saturated carbocycles. The summed E-state index contributed by atoms with van der Waals surface area (Å²) < 4.78 is 0. The van der Waals surface area contributed by atoms with Gasteiger partial charge >= 0.3 is 0 Å². The minimum absolute atomic E-state index is 0.667. The van der Waals surface area contributed by atoms with Crippen molar-refractivity contribution in [2.45, 2.75) is 26.2 Å². The predicted octanol–water partition coefficient (Wildman–Crippen LogP) is 3.01. The van der Waals surface area contributed by atoms with E-state index in [2.05, 4.69) is 28.5 Å². The molecule has 1 heterocycles. The summed E-state index contributed by atoms with van der Waals surface area (Å²) in [5, 5.41) is 22.6. The molecular formula is C15H18N4S. The van der Waals surface area contributed by atoms with Gasteiger partial charge in [0.1, 0.15) is 10.0 Å². The maximum absolute atomic E-state index is 8.78. The van der Waals surface area contributed by atoms with E-state index in [1.54, 1.807) is 11.3 Å². The Hall–Kier alpha value is -1.77. The van der Waals surface area contributed by atoms with Crippen molar-refractivity contribution in [1.29, 1.82) is 5.26 Å². The number of rotatable bonds is 7. The summed E-state index contributed by atoms with van der Waals surface area (Å²) in [6.45, 7) is 4.27. The van der Waals surface area contributed by atoms with Gasteiger partial charge in [-0.2, -0.15) is 5.26 Å². The Bertz CT molecular complexity index is 568. The van der Waals surface area contributed by atoms with E-state index in [9.17, 15) is 0 Å². The van der Waals surface area contributed by atoms with Crippen molar-refractivity contribution in [3.8, 4) is 16.6 Å². The highest BCUT2D eigenvalue weighted by atomic mass is 32.1. The molecule has 1 N–H and O–H groups in total. The van der Waals surface area contributed by atoms with Crippen molar-refractivity contribution in [3.05, 3.63) is 34.8 Å². The monoisotopic (exact) mass is 286 g/mol. The van der Waals surface area contributed by atoms with E-state index in [1.165, 1.54) is 6.42 Å². The Balaban J connectivity index is 1.89. The molecule has 0 bridgehead atoms. The topological polar surface area (TPSA) is 61.6 Å². The minimum Gasteiger partial charge on any atom is -0.317 e. The van der Waals surface area contributed by atoms with Crippen LogP contribution in [0, 0.1) is 11.3 Å². The lowest BCUT2D eigenvalue weighted by Crippen LogP contribution is -2.16. The van der Waals surface area contributed by atoms with E-state index in [-0.39, 0.29) is 0 Å². The van der Waals surface area contributed by atoms with Crippen molar-refractivity contribution in [2.24, 2.45) is 0 Å². The highest BCUT2D eigenvalue weighted by Gasteiger charge is 2.06. The Kier molecular flexibility index (Phi) is 5.66. The molecule has 0 aliphatic heterocycles. The second-order valence-electron chi connectivity index (χ2n) is 4.54. The molecular weight excluding hydrogens is 268 g/mol. The molecule has 1 aromatic carbocycles. The molecule has 2 rings (SSSR count). The Morgan fingerprint density at radius 2 is 2.00 bits per heavy atom. The van der Waals surface area contributed by atoms with E-state index < -0.39 is 0 Å². The number of aromatic nitrogens is 2.